The lowest BCUT2D eigenvalue weighted by Crippen LogP contribution is -2.65. The highest BCUT2D eigenvalue weighted by atomic mass is 16.6. The zero-order valence-electron chi connectivity index (χ0n) is 25.6. The summed E-state index contributed by atoms with van der Waals surface area (Å²) in [7, 11) is 0. The number of ether oxygens (including phenoxy) is 1. The van der Waals surface area contributed by atoms with E-state index in [1.807, 2.05) is 0 Å². The molecule has 0 radical (unpaired) electrons. The minimum absolute atomic E-state index is 0.0421. The fourth-order valence-electron chi connectivity index (χ4n) is 11.6. The Hall–Kier alpha value is -1.52. The molecule has 5 heteroatoms. The zero-order valence-corrected chi connectivity index (χ0v) is 25.6. The van der Waals surface area contributed by atoms with Gasteiger partial charge in [0.1, 0.15) is 6.10 Å². The summed E-state index contributed by atoms with van der Waals surface area (Å²) in [6.45, 7) is 17.0. The van der Waals surface area contributed by atoms with Gasteiger partial charge in [-0.05, 0) is 116 Å². The van der Waals surface area contributed by atoms with Crippen LogP contribution in [0.15, 0.2) is 11.6 Å². The molecule has 0 bridgehead atoms. The van der Waals surface area contributed by atoms with Crippen LogP contribution in [0.1, 0.15) is 119 Å². The molecule has 0 aromatic heterocycles. The Morgan fingerprint density at radius 3 is 2.28 bits per heavy atom. The minimum Gasteiger partial charge on any atom is -0.481 e. The number of alkyl carbamates (subject to hydrolysis) is 1. The van der Waals surface area contributed by atoms with Gasteiger partial charge in [0.15, 0.2) is 0 Å². The van der Waals surface area contributed by atoms with Gasteiger partial charge < -0.3 is 15.2 Å². The maximum atomic E-state index is 12.9. The van der Waals surface area contributed by atoms with Crippen LogP contribution in [-0.4, -0.2) is 29.3 Å². The summed E-state index contributed by atoms with van der Waals surface area (Å²) in [5, 5.41) is 13.7. The summed E-state index contributed by atoms with van der Waals surface area (Å²) in [6, 6.07) is 0.319. The largest absolute Gasteiger partial charge is 0.481 e. The Labute approximate surface area is 236 Å². The summed E-state index contributed by atoms with van der Waals surface area (Å²) in [4.78, 5) is 25.5. The number of carboxylic acid groups (broad SMARTS) is 1. The molecule has 10 atom stereocenters. The lowest BCUT2D eigenvalue weighted by atomic mass is 9.33. The average Bonchev–Trinajstić information content (AvgIpc) is 3.67. The molecule has 5 nitrogen and oxygen atoms in total. The molecule has 1 amide bonds. The number of rotatable bonds is 3. The van der Waals surface area contributed by atoms with Gasteiger partial charge in [0.05, 0.1) is 5.41 Å². The summed E-state index contributed by atoms with van der Waals surface area (Å²) < 4.78 is 6.12. The Morgan fingerprint density at radius 1 is 0.897 bits per heavy atom. The SMILES string of the molecule is C[C@@H]1CC[C@]2(C(=O)O)CC[C@]3(C)C(=CCC4[C@@]5(C)CC[C@@H](OC(=O)NC6CC6)C(C)(C)C5CC[C@]43C)C2[C@H]1C. The molecule has 6 aliphatic rings. The summed E-state index contributed by atoms with van der Waals surface area (Å²) in [5.41, 5.74) is 1.23. The average molecular weight is 540 g/mol. The van der Waals surface area contributed by atoms with E-state index in [4.69, 9.17) is 4.74 Å². The number of aliphatic carboxylic acids is 1. The van der Waals surface area contributed by atoms with E-state index in [2.05, 4.69) is 59.9 Å². The molecule has 6 rings (SSSR count). The van der Waals surface area contributed by atoms with Crippen molar-refractivity contribution in [2.24, 2.45) is 56.7 Å². The van der Waals surface area contributed by atoms with E-state index in [0.717, 1.165) is 64.2 Å². The number of nitrogens with one attached hydrogen (secondary N) is 1. The van der Waals surface area contributed by atoms with E-state index in [1.54, 1.807) is 0 Å². The van der Waals surface area contributed by atoms with Gasteiger partial charge in [-0.15, -0.1) is 0 Å². The number of carboxylic acids is 1. The monoisotopic (exact) mass is 539 g/mol. The molecule has 218 valence electrons. The van der Waals surface area contributed by atoms with Gasteiger partial charge in [-0.2, -0.15) is 0 Å². The number of carbonyl (C=O) groups is 2. The number of hydrogen-bond donors (Lipinski definition) is 2. The molecule has 6 aliphatic carbocycles. The molecule has 5 saturated carbocycles. The van der Waals surface area contributed by atoms with Gasteiger partial charge in [-0.1, -0.05) is 60.1 Å². The van der Waals surface area contributed by atoms with Crippen LogP contribution < -0.4 is 5.32 Å². The maximum Gasteiger partial charge on any atom is 0.407 e. The first kappa shape index (κ1) is 27.6. The number of fused-ring (bicyclic) bond motifs is 7. The second kappa shape index (κ2) is 8.74. The number of allylic oxidation sites excluding steroid dienone is 2. The van der Waals surface area contributed by atoms with Crippen molar-refractivity contribution in [2.75, 3.05) is 0 Å². The third-order valence-electron chi connectivity index (χ3n) is 14.5. The van der Waals surface area contributed by atoms with Crippen molar-refractivity contribution in [3.05, 3.63) is 11.6 Å². The van der Waals surface area contributed by atoms with E-state index >= 15 is 0 Å². The molecule has 0 heterocycles. The standard InChI is InChI=1S/C34H53NO4/c1-20-12-17-34(28(36)37)19-18-32(6)23(27(34)21(20)2)10-11-25-31(5)15-14-26(39-29(38)35-22-8-9-22)30(3,4)24(31)13-16-33(25,32)7/h10,20-22,24-27H,8-9,11-19H2,1-7H3,(H,35,38)(H,36,37)/t20-,21+,24?,25?,26-,27?,31+,32-,33-,34+/m1/s1. The fraction of sp³-hybridized carbons (Fsp3) is 0.882. The van der Waals surface area contributed by atoms with Crippen LogP contribution in [-0.2, 0) is 9.53 Å². The highest BCUT2D eigenvalue weighted by Crippen LogP contribution is 2.75. The molecular formula is C34H53NO4. The van der Waals surface area contributed by atoms with Gasteiger partial charge >= 0.3 is 12.1 Å². The number of carbonyl (C=O) groups excluding carboxylic acids is 1. The smallest absolute Gasteiger partial charge is 0.407 e. The summed E-state index contributed by atoms with van der Waals surface area (Å²) in [6.07, 6.45) is 13.5. The van der Waals surface area contributed by atoms with Gasteiger partial charge in [-0.25, -0.2) is 4.79 Å². The Kier molecular flexibility index (Phi) is 6.20. The van der Waals surface area contributed by atoms with Crippen molar-refractivity contribution in [3.63, 3.8) is 0 Å². The van der Waals surface area contributed by atoms with Crippen molar-refractivity contribution in [2.45, 2.75) is 131 Å². The van der Waals surface area contributed by atoms with E-state index < -0.39 is 11.4 Å². The van der Waals surface area contributed by atoms with Gasteiger partial charge in [0.25, 0.3) is 0 Å². The molecule has 3 unspecified atom stereocenters. The van der Waals surface area contributed by atoms with Crippen LogP contribution in [0, 0.1) is 56.7 Å². The third kappa shape index (κ3) is 3.69. The molecule has 0 aliphatic heterocycles. The van der Waals surface area contributed by atoms with Gasteiger partial charge in [0.2, 0.25) is 0 Å². The van der Waals surface area contributed by atoms with Gasteiger partial charge in [-0.3, -0.25) is 4.79 Å². The Bertz CT molecular complexity index is 1080. The van der Waals surface area contributed by atoms with Crippen LogP contribution in [0.5, 0.6) is 0 Å². The predicted molar refractivity (Wildman–Crippen MR) is 153 cm³/mol. The van der Waals surface area contributed by atoms with Crippen LogP contribution >= 0.6 is 0 Å². The number of amides is 1. The molecule has 2 N–H and O–H groups in total. The van der Waals surface area contributed by atoms with E-state index in [9.17, 15) is 14.7 Å². The van der Waals surface area contributed by atoms with Crippen LogP contribution in [0.3, 0.4) is 0 Å². The first-order valence-electron chi connectivity index (χ1n) is 16.1. The molecule has 5 fully saturated rings. The normalized spacial score (nSPS) is 50.3. The van der Waals surface area contributed by atoms with E-state index in [1.165, 1.54) is 12.0 Å². The summed E-state index contributed by atoms with van der Waals surface area (Å²) >= 11 is 0. The van der Waals surface area contributed by atoms with Crippen molar-refractivity contribution in [3.8, 4) is 0 Å². The van der Waals surface area contributed by atoms with E-state index in [-0.39, 0.29) is 39.8 Å². The second-order valence-electron chi connectivity index (χ2n) is 16.3. The highest BCUT2D eigenvalue weighted by molar-refractivity contribution is 5.76. The Balaban J connectivity index is 1.33. The molecule has 0 aromatic rings. The van der Waals surface area contributed by atoms with Crippen molar-refractivity contribution in [1.29, 1.82) is 0 Å². The predicted octanol–water partition coefficient (Wildman–Crippen LogP) is 7.99. The first-order valence-corrected chi connectivity index (χ1v) is 16.1. The summed E-state index contributed by atoms with van der Waals surface area (Å²) in [5.74, 6) is 1.64. The van der Waals surface area contributed by atoms with Gasteiger partial charge in [0, 0.05) is 11.5 Å². The van der Waals surface area contributed by atoms with Crippen molar-refractivity contribution in [1.82, 2.24) is 5.32 Å². The van der Waals surface area contributed by atoms with Crippen molar-refractivity contribution < 1.29 is 19.4 Å². The second-order valence-corrected chi connectivity index (χ2v) is 16.3. The first-order chi connectivity index (χ1) is 18.2. The quantitative estimate of drug-likeness (QED) is 0.356. The topological polar surface area (TPSA) is 75.6 Å². The van der Waals surface area contributed by atoms with E-state index in [0.29, 0.717) is 29.7 Å². The lowest BCUT2D eigenvalue weighted by Gasteiger charge is -2.71. The Morgan fingerprint density at radius 2 is 1.62 bits per heavy atom. The minimum atomic E-state index is -0.583. The molecule has 0 aromatic carbocycles. The number of hydrogen-bond acceptors (Lipinski definition) is 3. The molecular weight excluding hydrogens is 486 g/mol. The molecule has 0 spiro atoms. The molecule has 39 heavy (non-hydrogen) atoms. The molecule has 0 saturated heterocycles. The van der Waals surface area contributed by atoms with Crippen LogP contribution in [0.4, 0.5) is 4.79 Å². The highest BCUT2D eigenvalue weighted by Gasteiger charge is 2.69. The zero-order chi connectivity index (χ0) is 28.2. The lowest BCUT2D eigenvalue weighted by molar-refractivity contribution is -0.206. The third-order valence-corrected chi connectivity index (χ3v) is 14.5. The van der Waals surface area contributed by atoms with Crippen LogP contribution in [0.25, 0.3) is 0 Å². The fourth-order valence-corrected chi connectivity index (χ4v) is 11.6. The van der Waals surface area contributed by atoms with Crippen molar-refractivity contribution >= 4 is 12.1 Å². The van der Waals surface area contributed by atoms with Crippen LogP contribution in [0.2, 0.25) is 0 Å². The maximum absolute atomic E-state index is 12.9.